The maximum absolute atomic E-state index is 12.2. The van der Waals surface area contributed by atoms with Crippen LogP contribution in [0.25, 0.3) is 0 Å². The Hall–Kier alpha value is -1.89. The summed E-state index contributed by atoms with van der Waals surface area (Å²) in [6.45, 7) is 1.99. The number of aliphatic carboxylic acids is 1. The van der Waals surface area contributed by atoms with E-state index >= 15 is 0 Å². The molecule has 2 rings (SSSR count). The molecule has 6 nitrogen and oxygen atoms in total. The maximum Gasteiger partial charge on any atom is 0.303 e. The quantitative estimate of drug-likeness (QED) is 0.623. The van der Waals surface area contributed by atoms with Gasteiger partial charge in [-0.2, -0.15) is 0 Å². The van der Waals surface area contributed by atoms with E-state index in [-0.39, 0.29) is 31.1 Å². The molecule has 1 aromatic heterocycles. The van der Waals surface area contributed by atoms with Crippen molar-refractivity contribution in [3.8, 4) is 0 Å². The number of nitrogens with one attached hydrogen (secondary N) is 1. The van der Waals surface area contributed by atoms with Crippen LogP contribution in [0.5, 0.6) is 0 Å². The topological polar surface area (TPSA) is 86.7 Å². The van der Waals surface area contributed by atoms with Gasteiger partial charge in [-0.1, -0.05) is 12.8 Å². The van der Waals surface area contributed by atoms with Crippen molar-refractivity contribution in [2.45, 2.75) is 57.9 Å². The highest BCUT2D eigenvalue weighted by atomic mass is 32.1. The first-order valence-electron chi connectivity index (χ1n) is 8.88. The normalized spacial score (nSPS) is 13.4. The second kappa shape index (κ2) is 10.2. The maximum atomic E-state index is 12.2. The van der Waals surface area contributed by atoms with E-state index in [2.05, 4.69) is 16.8 Å². The van der Waals surface area contributed by atoms with Gasteiger partial charge in [0.2, 0.25) is 11.8 Å². The molecular formula is C18H26N2O4S. The lowest BCUT2D eigenvalue weighted by Crippen LogP contribution is -2.36. The van der Waals surface area contributed by atoms with Gasteiger partial charge in [0.05, 0.1) is 0 Å². The van der Waals surface area contributed by atoms with Gasteiger partial charge < -0.3 is 15.3 Å². The minimum absolute atomic E-state index is 0.0423. The van der Waals surface area contributed by atoms with E-state index in [4.69, 9.17) is 5.11 Å². The summed E-state index contributed by atoms with van der Waals surface area (Å²) < 4.78 is 0. The Kier molecular flexibility index (Phi) is 7.91. The Morgan fingerprint density at radius 2 is 1.92 bits per heavy atom. The molecule has 1 aliphatic rings. The smallest absolute Gasteiger partial charge is 0.303 e. The number of thiophene rings is 1. The fourth-order valence-electron chi connectivity index (χ4n) is 2.91. The van der Waals surface area contributed by atoms with Gasteiger partial charge in [-0.3, -0.25) is 14.4 Å². The number of carboxylic acids is 1. The molecule has 0 aliphatic carbocycles. The van der Waals surface area contributed by atoms with E-state index in [1.54, 1.807) is 11.3 Å². The van der Waals surface area contributed by atoms with Crippen LogP contribution in [0.3, 0.4) is 0 Å². The first-order valence-corrected chi connectivity index (χ1v) is 9.75. The summed E-state index contributed by atoms with van der Waals surface area (Å²) in [7, 11) is 0. The molecule has 138 valence electrons. The molecule has 0 radical (unpaired) electrons. The van der Waals surface area contributed by atoms with Crippen molar-refractivity contribution in [1.29, 1.82) is 0 Å². The van der Waals surface area contributed by atoms with Crippen LogP contribution in [0, 0.1) is 0 Å². The monoisotopic (exact) mass is 366 g/mol. The summed E-state index contributed by atoms with van der Waals surface area (Å²) in [5.74, 6) is -0.810. The molecule has 0 saturated carbocycles. The summed E-state index contributed by atoms with van der Waals surface area (Å²) in [5, 5.41) is 13.4. The second-order valence-electron chi connectivity index (χ2n) is 6.34. The number of fused-ring (bicyclic) bond motifs is 1. The van der Waals surface area contributed by atoms with Crippen LogP contribution in [0.2, 0.25) is 0 Å². The highest BCUT2D eigenvalue weighted by Gasteiger charge is 2.21. The predicted molar refractivity (Wildman–Crippen MR) is 96.4 cm³/mol. The number of carboxylic acid groups (broad SMARTS) is 1. The van der Waals surface area contributed by atoms with Crippen LogP contribution in [-0.4, -0.2) is 40.9 Å². The van der Waals surface area contributed by atoms with E-state index < -0.39 is 5.97 Å². The Morgan fingerprint density at radius 3 is 2.72 bits per heavy atom. The standard InChI is InChI=1S/C18H26N2O4S/c21-16(19-10-4-2-1-3-5-18(23)24)6-7-17(22)20-11-8-15-14(13-20)9-12-25-15/h9,12H,1-8,10-11,13H2,(H,19,21)(H,23,24). The third kappa shape index (κ3) is 6.86. The van der Waals surface area contributed by atoms with Crippen molar-refractivity contribution in [3.63, 3.8) is 0 Å². The lowest BCUT2D eigenvalue weighted by atomic mass is 10.1. The minimum atomic E-state index is -0.762. The van der Waals surface area contributed by atoms with E-state index in [1.807, 2.05) is 4.90 Å². The number of carbonyl (C=O) groups excluding carboxylic acids is 2. The van der Waals surface area contributed by atoms with E-state index in [9.17, 15) is 14.4 Å². The van der Waals surface area contributed by atoms with Gasteiger partial charge in [-0.25, -0.2) is 0 Å². The van der Waals surface area contributed by atoms with Crippen molar-refractivity contribution < 1.29 is 19.5 Å². The van der Waals surface area contributed by atoms with Crippen LogP contribution in [0.15, 0.2) is 11.4 Å². The zero-order valence-corrected chi connectivity index (χ0v) is 15.3. The zero-order valence-electron chi connectivity index (χ0n) is 14.5. The largest absolute Gasteiger partial charge is 0.481 e. The number of amides is 2. The summed E-state index contributed by atoms with van der Waals surface area (Å²) in [5.41, 5.74) is 1.23. The molecule has 7 heteroatoms. The Morgan fingerprint density at radius 1 is 1.12 bits per heavy atom. The van der Waals surface area contributed by atoms with Gasteiger partial charge in [0.1, 0.15) is 0 Å². The first-order chi connectivity index (χ1) is 12.1. The molecule has 2 heterocycles. The number of unbranched alkanes of at least 4 members (excludes halogenated alkanes) is 3. The van der Waals surface area contributed by atoms with Crippen molar-refractivity contribution in [1.82, 2.24) is 10.2 Å². The molecule has 2 N–H and O–H groups in total. The molecule has 0 aromatic carbocycles. The SMILES string of the molecule is O=C(O)CCCCCCNC(=O)CCC(=O)N1CCc2sccc2C1. The van der Waals surface area contributed by atoms with Crippen molar-refractivity contribution in [2.75, 3.05) is 13.1 Å². The molecule has 0 saturated heterocycles. The van der Waals surface area contributed by atoms with E-state index in [1.165, 1.54) is 10.4 Å². The Labute approximate surface area is 152 Å². The fourth-order valence-corrected chi connectivity index (χ4v) is 3.80. The minimum Gasteiger partial charge on any atom is -0.481 e. The van der Waals surface area contributed by atoms with Gasteiger partial charge in [-0.05, 0) is 36.3 Å². The molecular weight excluding hydrogens is 340 g/mol. The average molecular weight is 366 g/mol. The number of hydrogen-bond acceptors (Lipinski definition) is 4. The summed E-state index contributed by atoms with van der Waals surface area (Å²) in [4.78, 5) is 37.6. The number of hydrogen-bond donors (Lipinski definition) is 2. The van der Waals surface area contributed by atoms with Crippen LogP contribution >= 0.6 is 11.3 Å². The summed E-state index contributed by atoms with van der Waals surface area (Å²) in [6.07, 6.45) is 4.88. The highest BCUT2D eigenvalue weighted by Crippen LogP contribution is 2.24. The zero-order chi connectivity index (χ0) is 18.1. The second-order valence-corrected chi connectivity index (χ2v) is 7.34. The van der Waals surface area contributed by atoms with Crippen LogP contribution in [-0.2, 0) is 27.3 Å². The predicted octanol–water partition coefficient (Wildman–Crippen LogP) is 2.56. The fraction of sp³-hybridized carbons (Fsp3) is 0.611. The van der Waals surface area contributed by atoms with Crippen molar-refractivity contribution in [2.24, 2.45) is 0 Å². The number of rotatable bonds is 10. The first kappa shape index (κ1) is 19.4. The van der Waals surface area contributed by atoms with E-state index in [0.29, 0.717) is 19.5 Å². The summed E-state index contributed by atoms with van der Waals surface area (Å²) >= 11 is 1.74. The van der Waals surface area contributed by atoms with Crippen LogP contribution in [0.4, 0.5) is 0 Å². The summed E-state index contributed by atoms with van der Waals surface area (Å²) in [6, 6.07) is 2.07. The van der Waals surface area contributed by atoms with Crippen LogP contribution < -0.4 is 5.32 Å². The Balaban J connectivity index is 1.53. The lowest BCUT2D eigenvalue weighted by Gasteiger charge is -2.27. The molecule has 0 bridgehead atoms. The third-order valence-electron chi connectivity index (χ3n) is 4.37. The van der Waals surface area contributed by atoms with Gasteiger partial charge in [-0.15, -0.1) is 11.3 Å². The molecule has 25 heavy (non-hydrogen) atoms. The highest BCUT2D eigenvalue weighted by molar-refractivity contribution is 7.10. The molecule has 1 aromatic rings. The van der Waals surface area contributed by atoms with Crippen LogP contribution in [0.1, 0.15) is 55.4 Å². The average Bonchev–Trinajstić information content (AvgIpc) is 3.06. The number of carbonyl (C=O) groups is 3. The van der Waals surface area contributed by atoms with Gasteiger partial charge in [0.25, 0.3) is 0 Å². The molecule has 0 spiro atoms. The molecule has 0 fully saturated rings. The molecule has 1 aliphatic heterocycles. The number of nitrogens with zero attached hydrogens (tertiary/aromatic N) is 1. The van der Waals surface area contributed by atoms with Crippen molar-refractivity contribution >= 4 is 29.1 Å². The lowest BCUT2D eigenvalue weighted by molar-refractivity contribution is -0.137. The van der Waals surface area contributed by atoms with Gasteiger partial charge in [0.15, 0.2) is 0 Å². The molecule has 2 amide bonds. The Bertz CT molecular complexity index is 600. The molecule has 0 unspecified atom stereocenters. The molecule has 0 atom stereocenters. The van der Waals surface area contributed by atoms with Gasteiger partial charge in [0, 0.05) is 43.8 Å². The van der Waals surface area contributed by atoms with E-state index in [0.717, 1.165) is 32.2 Å². The van der Waals surface area contributed by atoms with Crippen molar-refractivity contribution in [3.05, 3.63) is 21.9 Å². The van der Waals surface area contributed by atoms with Gasteiger partial charge >= 0.3 is 5.97 Å². The third-order valence-corrected chi connectivity index (χ3v) is 5.39.